The molecule has 9 nitrogen and oxygen atoms in total. The summed E-state index contributed by atoms with van der Waals surface area (Å²) in [6.45, 7) is 3.32. The van der Waals surface area contributed by atoms with E-state index >= 15 is 0 Å². The predicted molar refractivity (Wildman–Crippen MR) is 110 cm³/mol. The Labute approximate surface area is 198 Å². The van der Waals surface area contributed by atoms with Gasteiger partial charge in [0.2, 0.25) is 11.8 Å². The van der Waals surface area contributed by atoms with Crippen molar-refractivity contribution in [2.24, 2.45) is 17.8 Å². The smallest absolute Gasteiger partial charge is 0.417 e. The van der Waals surface area contributed by atoms with Gasteiger partial charge in [-0.25, -0.2) is 4.90 Å². The van der Waals surface area contributed by atoms with E-state index < -0.39 is 64.0 Å². The molecule has 0 saturated carbocycles. The van der Waals surface area contributed by atoms with Crippen LogP contribution >= 0.6 is 0 Å². The molecule has 3 heterocycles. The molecule has 0 aromatic heterocycles. The summed E-state index contributed by atoms with van der Waals surface area (Å²) < 4.78 is 61.6. The number of hydrogen-bond acceptors (Lipinski definition) is 8. The van der Waals surface area contributed by atoms with Crippen LogP contribution in [0.4, 0.5) is 18.9 Å². The van der Waals surface area contributed by atoms with E-state index in [2.05, 4.69) is 0 Å². The van der Waals surface area contributed by atoms with Gasteiger partial charge < -0.3 is 18.9 Å². The Hall–Kier alpha value is -3.01. The highest BCUT2D eigenvalue weighted by atomic mass is 19.4. The highest BCUT2D eigenvalue weighted by Gasteiger charge is 2.77. The van der Waals surface area contributed by atoms with Crippen molar-refractivity contribution < 1.29 is 46.5 Å². The number of anilines is 1. The van der Waals surface area contributed by atoms with Crippen molar-refractivity contribution in [3.8, 4) is 6.07 Å². The van der Waals surface area contributed by atoms with E-state index in [1.54, 1.807) is 6.92 Å². The fourth-order valence-electron chi connectivity index (χ4n) is 5.53. The van der Waals surface area contributed by atoms with Crippen LogP contribution in [0.5, 0.6) is 0 Å². The minimum Gasteiger partial charge on any atom is -0.438 e. The second-order valence-electron chi connectivity index (χ2n) is 9.14. The summed E-state index contributed by atoms with van der Waals surface area (Å²) in [5.41, 5.74) is -4.76. The van der Waals surface area contributed by atoms with E-state index in [0.29, 0.717) is 17.6 Å². The van der Waals surface area contributed by atoms with Gasteiger partial charge in [0.1, 0.15) is 0 Å². The fraction of sp³-hybridized carbons (Fsp3) is 0.565. The van der Waals surface area contributed by atoms with Gasteiger partial charge in [0.05, 0.1) is 65.1 Å². The lowest BCUT2D eigenvalue weighted by atomic mass is 9.64. The maximum Gasteiger partial charge on any atom is 0.417 e. The summed E-state index contributed by atoms with van der Waals surface area (Å²) in [5, 5.41) is 9.03. The summed E-state index contributed by atoms with van der Waals surface area (Å²) in [5.74, 6) is -5.10. The summed E-state index contributed by atoms with van der Waals surface area (Å²) in [6, 6.07) is 4.13. The molecule has 0 radical (unpaired) electrons. The topological polar surface area (TPSA) is 115 Å². The molecule has 3 aliphatic rings. The van der Waals surface area contributed by atoms with Gasteiger partial charge in [-0.3, -0.25) is 14.4 Å². The van der Waals surface area contributed by atoms with Gasteiger partial charge in [-0.1, -0.05) is 0 Å². The highest BCUT2D eigenvalue weighted by molar-refractivity contribution is 6.23. The first kappa shape index (κ1) is 25.1. The number of ether oxygens (including phenoxy) is 4. The van der Waals surface area contributed by atoms with Gasteiger partial charge in [0.15, 0.2) is 6.79 Å². The number of methoxy groups -OCH3 is 1. The van der Waals surface area contributed by atoms with Crippen LogP contribution in [0, 0.1) is 29.1 Å². The molecule has 3 fully saturated rings. The van der Waals surface area contributed by atoms with Crippen molar-refractivity contribution in [1.82, 2.24) is 0 Å². The number of nitrogens with zero attached hydrogens (tertiary/aromatic N) is 2. The Morgan fingerprint density at radius 2 is 1.91 bits per heavy atom. The van der Waals surface area contributed by atoms with Crippen LogP contribution in [-0.2, 0) is 39.5 Å². The average Bonchev–Trinajstić information content (AvgIpc) is 3.33. The first-order valence-corrected chi connectivity index (χ1v) is 10.8. The normalized spacial score (nSPS) is 31.6. The zero-order valence-electron chi connectivity index (χ0n) is 19.2. The Morgan fingerprint density at radius 1 is 1.23 bits per heavy atom. The Kier molecular flexibility index (Phi) is 6.15. The van der Waals surface area contributed by atoms with E-state index in [0.717, 1.165) is 12.1 Å². The molecule has 12 heteroatoms. The maximum atomic E-state index is 13.5. The minimum atomic E-state index is -4.86. The number of halogens is 3. The number of alkyl halides is 3. The zero-order chi connectivity index (χ0) is 25.8. The molecular formula is C23H23F3N2O7. The lowest BCUT2D eigenvalue weighted by Gasteiger charge is -2.33. The van der Waals surface area contributed by atoms with Gasteiger partial charge in [-0.15, -0.1) is 0 Å². The molecule has 2 bridgehead atoms. The molecule has 1 unspecified atom stereocenters. The molecule has 4 rings (SSSR count). The summed E-state index contributed by atoms with van der Waals surface area (Å²) in [4.78, 5) is 40.3. The van der Waals surface area contributed by atoms with Crippen LogP contribution < -0.4 is 4.90 Å². The molecule has 188 valence electrons. The van der Waals surface area contributed by atoms with Crippen LogP contribution in [0.25, 0.3) is 0 Å². The Bertz CT molecular complexity index is 1120. The van der Waals surface area contributed by atoms with Gasteiger partial charge in [0, 0.05) is 7.11 Å². The lowest BCUT2D eigenvalue weighted by Crippen LogP contribution is -2.49. The number of carbonyl (C=O) groups is 3. The lowest BCUT2D eigenvalue weighted by molar-refractivity contribution is -0.169. The number of fused-ring (bicyclic) bond motifs is 5. The van der Waals surface area contributed by atoms with Crippen molar-refractivity contribution in [2.45, 2.75) is 37.6 Å². The third kappa shape index (κ3) is 3.87. The summed E-state index contributed by atoms with van der Waals surface area (Å²) in [6.07, 6.45) is -4.77. The number of amides is 2. The van der Waals surface area contributed by atoms with Crippen molar-refractivity contribution in [2.75, 3.05) is 32.0 Å². The van der Waals surface area contributed by atoms with E-state index in [-0.39, 0.29) is 25.5 Å². The summed E-state index contributed by atoms with van der Waals surface area (Å²) in [7, 11) is 1.49. The molecule has 2 amide bonds. The van der Waals surface area contributed by atoms with E-state index in [1.807, 2.05) is 0 Å². The molecule has 1 aromatic carbocycles. The number of nitriles is 1. The first-order chi connectivity index (χ1) is 16.4. The second-order valence-corrected chi connectivity index (χ2v) is 9.14. The molecule has 0 aliphatic carbocycles. The number of rotatable bonds is 7. The molecule has 3 aliphatic heterocycles. The van der Waals surface area contributed by atoms with Gasteiger partial charge in [-0.2, -0.15) is 18.4 Å². The van der Waals surface area contributed by atoms with Gasteiger partial charge in [-0.05, 0) is 38.5 Å². The third-order valence-electron chi connectivity index (χ3n) is 7.02. The number of benzene rings is 1. The maximum absolute atomic E-state index is 13.5. The van der Waals surface area contributed by atoms with Crippen LogP contribution in [-0.4, -0.2) is 56.1 Å². The van der Waals surface area contributed by atoms with Gasteiger partial charge >= 0.3 is 12.1 Å². The molecular weight excluding hydrogens is 473 g/mol. The standard InChI is InChI=1S/C23H23F3N2O7/c1-21-9-15(20(31)34-11-33-7-6-32-3)22(2,35-21)17-16(21)18(29)28(19(17)30)13-5-4-12(10-27)14(8-13)23(24,25)26/h4-5,8,15-17H,6-7,9,11H2,1-3H3/t15-,16?,17-,21+,22-/m0/s1. The largest absolute Gasteiger partial charge is 0.438 e. The minimum absolute atomic E-state index is 0.0929. The van der Waals surface area contributed by atoms with Crippen molar-refractivity contribution in [3.05, 3.63) is 29.3 Å². The number of esters is 1. The molecule has 0 N–H and O–H groups in total. The highest BCUT2D eigenvalue weighted by Crippen LogP contribution is 2.63. The quantitative estimate of drug-likeness (QED) is 0.245. The van der Waals surface area contributed by atoms with Gasteiger partial charge in [0.25, 0.3) is 0 Å². The SMILES string of the molecule is COCCOCOC(=O)[C@@H]1C[C@@]2(C)O[C@]1(C)[C@@H]1C(=O)N(c3ccc(C#N)c(C(F)(F)F)c3)C(=O)C12. The van der Waals surface area contributed by atoms with E-state index in [9.17, 15) is 27.6 Å². The van der Waals surface area contributed by atoms with Crippen molar-refractivity contribution >= 4 is 23.5 Å². The molecule has 1 aromatic rings. The third-order valence-corrected chi connectivity index (χ3v) is 7.02. The molecule has 35 heavy (non-hydrogen) atoms. The molecule has 0 spiro atoms. The second kappa shape index (κ2) is 8.58. The molecule has 3 saturated heterocycles. The van der Waals surface area contributed by atoms with Crippen molar-refractivity contribution in [1.29, 1.82) is 5.26 Å². The number of imide groups is 1. The summed E-state index contributed by atoms with van der Waals surface area (Å²) >= 11 is 0. The van der Waals surface area contributed by atoms with Crippen LogP contribution in [0.1, 0.15) is 31.4 Å². The number of carbonyl (C=O) groups excluding carboxylic acids is 3. The van der Waals surface area contributed by atoms with E-state index in [4.69, 9.17) is 24.2 Å². The predicted octanol–water partition coefficient (Wildman–Crippen LogP) is 2.41. The monoisotopic (exact) mass is 496 g/mol. The first-order valence-electron chi connectivity index (χ1n) is 10.8. The van der Waals surface area contributed by atoms with Crippen LogP contribution in [0.2, 0.25) is 0 Å². The average molecular weight is 496 g/mol. The van der Waals surface area contributed by atoms with E-state index in [1.165, 1.54) is 20.1 Å². The van der Waals surface area contributed by atoms with Crippen LogP contribution in [0.15, 0.2) is 18.2 Å². The molecule has 5 atom stereocenters. The Balaban J connectivity index is 1.61. The fourth-order valence-corrected chi connectivity index (χ4v) is 5.53. The van der Waals surface area contributed by atoms with Crippen LogP contribution in [0.3, 0.4) is 0 Å². The Morgan fingerprint density at radius 3 is 2.54 bits per heavy atom. The van der Waals surface area contributed by atoms with Crippen molar-refractivity contribution in [3.63, 3.8) is 0 Å². The zero-order valence-corrected chi connectivity index (χ0v) is 19.2. The number of hydrogen-bond donors (Lipinski definition) is 0.